The maximum atomic E-state index is 13.0. The molecule has 0 radical (unpaired) electrons. The maximum Gasteiger partial charge on any atom is 0.298 e. The molecule has 2 aliphatic heterocycles. The highest BCUT2D eigenvalue weighted by Gasteiger charge is 2.29. The molecule has 1 N–H and O–H groups in total. The lowest BCUT2D eigenvalue weighted by Gasteiger charge is -2.30. The van der Waals surface area contributed by atoms with Crippen molar-refractivity contribution in [3.8, 4) is 0 Å². The van der Waals surface area contributed by atoms with E-state index in [2.05, 4.69) is 15.2 Å². The normalized spacial score (nSPS) is 18.5. The van der Waals surface area contributed by atoms with Gasteiger partial charge in [-0.3, -0.25) is 4.79 Å². The first-order valence-corrected chi connectivity index (χ1v) is 13.0. The average Bonchev–Trinajstić information content (AvgIpc) is 3.29. The topological polar surface area (TPSA) is 95.8 Å². The van der Waals surface area contributed by atoms with Gasteiger partial charge < -0.3 is 14.6 Å². The van der Waals surface area contributed by atoms with Crippen molar-refractivity contribution in [1.82, 2.24) is 9.29 Å². The lowest BCUT2D eigenvalue weighted by atomic mass is 9.96. The van der Waals surface area contributed by atoms with E-state index in [1.54, 1.807) is 28.6 Å². The zero-order chi connectivity index (χ0) is 22.8. The molecule has 2 fully saturated rings. The number of hydrogen-bond acceptors (Lipinski definition) is 6. The van der Waals surface area contributed by atoms with E-state index in [9.17, 15) is 13.2 Å². The van der Waals surface area contributed by atoms with E-state index in [-0.39, 0.29) is 16.7 Å². The monoisotopic (exact) mass is 468 g/mol. The predicted octanol–water partition coefficient (Wildman–Crippen LogP) is 3.86. The van der Waals surface area contributed by atoms with Crippen LogP contribution in [-0.2, 0) is 14.8 Å². The molecule has 0 spiro atoms. The third-order valence-corrected chi connectivity index (χ3v) is 8.37. The SMILES string of the molecule is O=C(Nc1cccc(S(=O)(=O)N2CCCCC2)c1)C1CCN(c2nc3ccccc3o2)CC1. The molecule has 9 heteroatoms. The molecule has 8 nitrogen and oxygen atoms in total. The van der Waals surface area contributed by atoms with Gasteiger partial charge >= 0.3 is 0 Å². The fourth-order valence-corrected chi connectivity index (χ4v) is 6.12. The number of oxazole rings is 1. The molecule has 1 aromatic heterocycles. The van der Waals surface area contributed by atoms with Crippen molar-refractivity contribution in [2.45, 2.75) is 37.0 Å². The number of rotatable bonds is 5. The Balaban J connectivity index is 1.21. The van der Waals surface area contributed by atoms with Crippen LogP contribution < -0.4 is 10.2 Å². The lowest BCUT2D eigenvalue weighted by molar-refractivity contribution is -0.120. The summed E-state index contributed by atoms with van der Waals surface area (Å²) in [5.41, 5.74) is 2.10. The number of para-hydroxylation sites is 2. The summed E-state index contributed by atoms with van der Waals surface area (Å²) in [5, 5.41) is 2.92. The number of nitrogens with zero attached hydrogens (tertiary/aromatic N) is 3. The summed E-state index contributed by atoms with van der Waals surface area (Å²) in [6.45, 7) is 2.46. The van der Waals surface area contributed by atoms with Crippen molar-refractivity contribution in [3.63, 3.8) is 0 Å². The lowest BCUT2D eigenvalue weighted by Crippen LogP contribution is -2.38. The summed E-state index contributed by atoms with van der Waals surface area (Å²) in [5.74, 6) is -0.229. The van der Waals surface area contributed by atoms with Crippen LogP contribution in [-0.4, -0.2) is 49.8 Å². The molecular formula is C24H28N4O4S. The minimum atomic E-state index is -3.54. The standard InChI is InChI=1S/C24H28N4O4S/c29-23(18-11-15-27(16-12-18)24-26-21-9-2-3-10-22(21)32-24)25-19-7-6-8-20(17-19)33(30,31)28-13-4-1-5-14-28/h2-3,6-10,17-18H,1,4-5,11-16H2,(H,25,29). The Morgan fingerprint density at radius 3 is 2.48 bits per heavy atom. The summed E-state index contributed by atoms with van der Waals surface area (Å²) in [6, 6.07) is 14.8. The van der Waals surface area contributed by atoms with Gasteiger partial charge in [0, 0.05) is 37.8 Å². The molecule has 1 amide bonds. The minimum Gasteiger partial charge on any atom is -0.423 e. The van der Waals surface area contributed by atoms with Crippen LogP contribution in [0.3, 0.4) is 0 Å². The smallest absolute Gasteiger partial charge is 0.298 e. The van der Waals surface area contributed by atoms with Gasteiger partial charge in [0.1, 0.15) is 5.52 Å². The van der Waals surface area contributed by atoms with Crippen LogP contribution in [0.1, 0.15) is 32.1 Å². The molecule has 2 aliphatic rings. The molecule has 5 rings (SSSR count). The number of carbonyl (C=O) groups is 1. The van der Waals surface area contributed by atoms with E-state index in [0.717, 1.165) is 30.4 Å². The number of hydrogen-bond donors (Lipinski definition) is 1. The Labute approximate surface area is 193 Å². The van der Waals surface area contributed by atoms with Crippen LogP contribution in [0.5, 0.6) is 0 Å². The highest BCUT2D eigenvalue weighted by Crippen LogP contribution is 2.28. The van der Waals surface area contributed by atoms with Gasteiger partial charge in [-0.15, -0.1) is 0 Å². The first-order chi connectivity index (χ1) is 16.0. The third kappa shape index (κ3) is 4.60. The first kappa shape index (κ1) is 21.9. The Hall–Kier alpha value is -2.91. The van der Waals surface area contributed by atoms with Crippen molar-refractivity contribution in [1.29, 1.82) is 0 Å². The van der Waals surface area contributed by atoms with Crippen LogP contribution in [0, 0.1) is 5.92 Å². The Morgan fingerprint density at radius 2 is 1.73 bits per heavy atom. The van der Waals surface area contributed by atoms with Crippen molar-refractivity contribution < 1.29 is 17.6 Å². The number of nitrogens with one attached hydrogen (secondary N) is 1. The van der Waals surface area contributed by atoms with E-state index in [4.69, 9.17) is 4.42 Å². The quantitative estimate of drug-likeness (QED) is 0.611. The molecule has 0 aliphatic carbocycles. The summed E-state index contributed by atoms with van der Waals surface area (Å²) >= 11 is 0. The van der Waals surface area contributed by atoms with Gasteiger partial charge in [-0.25, -0.2) is 8.42 Å². The molecule has 2 saturated heterocycles. The fourth-order valence-electron chi connectivity index (χ4n) is 4.56. The molecule has 33 heavy (non-hydrogen) atoms. The van der Waals surface area contributed by atoms with Gasteiger partial charge in [0.15, 0.2) is 5.58 Å². The maximum absolute atomic E-state index is 13.0. The molecule has 0 atom stereocenters. The third-order valence-electron chi connectivity index (χ3n) is 6.47. The first-order valence-electron chi connectivity index (χ1n) is 11.5. The van der Waals surface area contributed by atoms with Crippen LogP contribution in [0.4, 0.5) is 11.7 Å². The van der Waals surface area contributed by atoms with Crippen molar-refractivity contribution in [3.05, 3.63) is 48.5 Å². The molecule has 174 valence electrons. The molecule has 0 unspecified atom stereocenters. The Morgan fingerprint density at radius 1 is 0.970 bits per heavy atom. The second kappa shape index (κ2) is 9.15. The number of benzene rings is 2. The molecular weight excluding hydrogens is 440 g/mol. The number of amides is 1. The molecule has 2 aromatic carbocycles. The highest BCUT2D eigenvalue weighted by atomic mass is 32.2. The number of fused-ring (bicyclic) bond motifs is 1. The van der Waals surface area contributed by atoms with Gasteiger partial charge in [-0.1, -0.05) is 24.6 Å². The second-order valence-corrected chi connectivity index (χ2v) is 10.6. The van der Waals surface area contributed by atoms with Crippen LogP contribution in [0.25, 0.3) is 11.1 Å². The highest BCUT2D eigenvalue weighted by molar-refractivity contribution is 7.89. The van der Waals surface area contributed by atoms with Crippen LogP contribution in [0.15, 0.2) is 57.8 Å². The zero-order valence-corrected chi connectivity index (χ0v) is 19.3. The van der Waals surface area contributed by atoms with Gasteiger partial charge in [-0.05, 0) is 56.0 Å². The molecule has 3 aromatic rings. The van der Waals surface area contributed by atoms with E-state index in [1.165, 1.54) is 0 Å². The summed E-state index contributed by atoms with van der Waals surface area (Å²) < 4.78 is 33.3. The second-order valence-electron chi connectivity index (χ2n) is 8.71. The van der Waals surface area contributed by atoms with E-state index < -0.39 is 10.0 Å². The van der Waals surface area contributed by atoms with Crippen molar-refractivity contribution in [2.24, 2.45) is 5.92 Å². The van der Waals surface area contributed by atoms with Gasteiger partial charge in [0.05, 0.1) is 4.90 Å². The van der Waals surface area contributed by atoms with Crippen molar-refractivity contribution >= 4 is 38.7 Å². The fraction of sp³-hybridized carbons (Fsp3) is 0.417. The summed E-state index contributed by atoms with van der Waals surface area (Å²) in [4.78, 5) is 19.7. The Bertz CT molecular complexity index is 1210. The summed E-state index contributed by atoms with van der Waals surface area (Å²) in [6.07, 6.45) is 4.19. The minimum absolute atomic E-state index is 0.0836. The number of piperidine rings is 2. The average molecular weight is 469 g/mol. The largest absolute Gasteiger partial charge is 0.423 e. The number of aromatic nitrogens is 1. The number of anilines is 2. The van der Waals surface area contributed by atoms with Gasteiger partial charge in [0.2, 0.25) is 15.9 Å². The molecule has 3 heterocycles. The van der Waals surface area contributed by atoms with Gasteiger partial charge in [-0.2, -0.15) is 9.29 Å². The van der Waals surface area contributed by atoms with Gasteiger partial charge in [0.25, 0.3) is 6.01 Å². The Kier molecular flexibility index (Phi) is 6.07. The zero-order valence-electron chi connectivity index (χ0n) is 18.4. The predicted molar refractivity (Wildman–Crippen MR) is 127 cm³/mol. The number of carbonyl (C=O) groups excluding carboxylic acids is 1. The van der Waals surface area contributed by atoms with Crippen molar-refractivity contribution in [2.75, 3.05) is 36.4 Å². The van der Waals surface area contributed by atoms with E-state index in [1.807, 2.05) is 24.3 Å². The van der Waals surface area contributed by atoms with Crippen LogP contribution in [0.2, 0.25) is 0 Å². The summed E-state index contributed by atoms with van der Waals surface area (Å²) in [7, 11) is -3.54. The molecule has 0 saturated carbocycles. The van der Waals surface area contributed by atoms with E-state index >= 15 is 0 Å². The van der Waals surface area contributed by atoms with E-state index in [0.29, 0.717) is 50.7 Å². The number of sulfonamides is 1. The van der Waals surface area contributed by atoms with Crippen LogP contribution >= 0.6 is 0 Å². The molecule has 0 bridgehead atoms.